The van der Waals surface area contributed by atoms with E-state index in [2.05, 4.69) is 23.4 Å². The number of amides is 1. The number of para-hydroxylation sites is 1. The Kier molecular flexibility index (Phi) is 3.51. The average Bonchev–Trinajstić information content (AvgIpc) is 2.71. The van der Waals surface area contributed by atoms with E-state index >= 15 is 0 Å². The van der Waals surface area contributed by atoms with Crippen LogP contribution >= 0.6 is 0 Å². The summed E-state index contributed by atoms with van der Waals surface area (Å²) in [6, 6.07) is 8.31. The summed E-state index contributed by atoms with van der Waals surface area (Å²) in [6.45, 7) is 5.41. The van der Waals surface area contributed by atoms with Gasteiger partial charge in [0.1, 0.15) is 0 Å². The monoisotopic (exact) mass is 284 g/mol. The van der Waals surface area contributed by atoms with E-state index in [0.29, 0.717) is 12.1 Å². The summed E-state index contributed by atoms with van der Waals surface area (Å²) in [5, 5.41) is 7.72. The molecule has 1 aromatic carbocycles. The Balaban J connectivity index is 2.03. The average molecular weight is 284 g/mol. The first-order valence-electron chi connectivity index (χ1n) is 7.19. The minimum absolute atomic E-state index is 0.0172. The number of carbonyl (C=O) groups is 1. The number of anilines is 1. The minimum atomic E-state index is 0.0172. The van der Waals surface area contributed by atoms with Gasteiger partial charge in [0, 0.05) is 38.1 Å². The van der Waals surface area contributed by atoms with Gasteiger partial charge >= 0.3 is 0 Å². The number of hydrogen-bond acceptors (Lipinski definition) is 3. The molecule has 2 heterocycles. The Hall–Kier alpha value is -2.14. The van der Waals surface area contributed by atoms with E-state index in [9.17, 15) is 4.79 Å². The Morgan fingerprint density at radius 2 is 2.14 bits per heavy atom. The Bertz CT molecular complexity index is 677. The number of benzene rings is 1. The number of aromatic nitrogens is 2. The number of rotatable bonds is 1. The second kappa shape index (κ2) is 5.33. The lowest BCUT2D eigenvalue weighted by atomic mass is 10.1. The molecule has 1 atom stereocenters. The Labute approximate surface area is 124 Å². The number of hydrogen-bond donors (Lipinski definition) is 1. The van der Waals surface area contributed by atoms with Crippen LogP contribution in [0.15, 0.2) is 30.5 Å². The molecule has 2 aromatic rings. The fourth-order valence-electron chi connectivity index (χ4n) is 2.79. The van der Waals surface area contributed by atoms with Gasteiger partial charge in [-0.25, -0.2) is 0 Å². The van der Waals surface area contributed by atoms with Gasteiger partial charge in [-0.05, 0) is 25.5 Å². The van der Waals surface area contributed by atoms with E-state index in [1.54, 1.807) is 10.9 Å². The van der Waals surface area contributed by atoms with Crippen LogP contribution in [0, 0.1) is 6.92 Å². The lowest BCUT2D eigenvalue weighted by Gasteiger charge is -2.24. The van der Waals surface area contributed by atoms with Gasteiger partial charge in [-0.3, -0.25) is 9.48 Å². The van der Waals surface area contributed by atoms with Crippen LogP contribution in [0.2, 0.25) is 0 Å². The fraction of sp³-hybridized carbons (Fsp3) is 0.375. The van der Waals surface area contributed by atoms with Crippen molar-refractivity contribution in [1.82, 2.24) is 15.1 Å². The normalized spacial score (nSPS) is 18.2. The summed E-state index contributed by atoms with van der Waals surface area (Å²) in [6.07, 6.45) is 1.79. The van der Waals surface area contributed by atoms with Crippen LogP contribution < -0.4 is 10.2 Å². The highest BCUT2D eigenvalue weighted by Crippen LogP contribution is 2.25. The van der Waals surface area contributed by atoms with Crippen molar-refractivity contribution in [1.29, 1.82) is 0 Å². The molecule has 1 aromatic heterocycles. The quantitative estimate of drug-likeness (QED) is 0.869. The standard InChI is InChI=1S/C16H20N4O/c1-11-9-20(15-7-5-4-6-13(15)8-17-11)16(21)14-10-19(3)18-12(14)2/h4-7,10-11,17H,8-9H2,1-3H3. The molecule has 0 saturated carbocycles. The highest BCUT2D eigenvalue weighted by Gasteiger charge is 2.26. The molecule has 1 aliphatic rings. The molecule has 5 heteroatoms. The first-order valence-corrected chi connectivity index (χ1v) is 7.19. The summed E-state index contributed by atoms with van der Waals surface area (Å²) in [5.41, 5.74) is 3.57. The van der Waals surface area contributed by atoms with Gasteiger partial charge in [-0.1, -0.05) is 18.2 Å². The van der Waals surface area contributed by atoms with Crippen molar-refractivity contribution in [3.05, 3.63) is 47.3 Å². The van der Waals surface area contributed by atoms with E-state index < -0.39 is 0 Å². The van der Waals surface area contributed by atoms with Gasteiger partial charge in [-0.15, -0.1) is 0 Å². The van der Waals surface area contributed by atoms with Crippen LogP contribution in [0.4, 0.5) is 5.69 Å². The van der Waals surface area contributed by atoms with Crippen LogP contribution in [0.25, 0.3) is 0 Å². The van der Waals surface area contributed by atoms with Gasteiger partial charge in [0.2, 0.25) is 0 Å². The third kappa shape index (κ3) is 2.56. The van der Waals surface area contributed by atoms with Crippen molar-refractivity contribution >= 4 is 11.6 Å². The molecule has 5 nitrogen and oxygen atoms in total. The molecule has 0 aliphatic carbocycles. The zero-order chi connectivity index (χ0) is 15.0. The third-order valence-corrected chi connectivity index (χ3v) is 3.87. The maximum Gasteiger partial charge on any atom is 0.261 e. The smallest absolute Gasteiger partial charge is 0.261 e. The molecule has 21 heavy (non-hydrogen) atoms. The second-order valence-electron chi connectivity index (χ2n) is 5.63. The molecule has 0 fully saturated rings. The third-order valence-electron chi connectivity index (χ3n) is 3.87. The molecular formula is C16H20N4O. The summed E-state index contributed by atoms with van der Waals surface area (Å²) < 4.78 is 1.69. The van der Waals surface area contributed by atoms with Crippen molar-refractivity contribution in [3.8, 4) is 0 Å². The SMILES string of the molecule is Cc1nn(C)cc1C(=O)N1CC(C)NCc2ccccc21. The van der Waals surface area contributed by atoms with E-state index in [4.69, 9.17) is 0 Å². The Morgan fingerprint density at radius 1 is 1.38 bits per heavy atom. The van der Waals surface area contributed by atoms with Crippen LogP contribution in [-0.4, -0.2) is 28.3 Å². The van der Waals surface area contributed by atoms with Gasteiger partial charge < -0.3 is 10.2 Å². The molecule has 1 amide bonds. The zero-order valence-corrected chi connectivity index (χ0v) is 12.6. The van der Waals surface area contributed by atoms with Crippen LogP contribution in [0.5, 0.6) is 0 Å². The highest BCUT2D eigenvalue weighted by atomic mass is 16.2. The highest BCUT2D eigenvalue weighted by molar-refractivity contribution is 6.07. The summed E-state index contributed by atoms with van der Waals surface area (Å²) in [4.78, 5) is 14.8. The van der Waals surface area contributed by atoms with Crippen molar-refractivity contribution in [3.63, 3.8) is 0 Å². The molecule has 0 bridgehead atoms. The molecule has 0 radical (unpaired) electrons. The number of fused-ring (bicyclic) bond motifs is 1. The van der Waals surface area contributed by atoms with Crippen LogP contribution in [0.3, 0.4) is 0 Å². The number of nitrogens with one attached hydrogen (secondary N) is 1. The molecule has 110 valence electrons. The predicted molar refractivity (Wildman–Crippen MR) is 82.4 cm³/mol. The summed E-state index contributed by atoms with van der Waals surface area (Å²) in [7, 11) is 1.84. The van der Waals surface area contributed by atoms with E-state index in [0.717, 1.165) is 23.5 Å². The van der Waals surface area contributed by atoms with E-state index in [1.165, 1.54) is 0 Å². The molecule has 0 spiro atoms. The van der Waals surface area contributed by atoms with Crippen molar-refractivity contribution in [2.24, 2.45) is 7.05 Å². The molecule has 0 saturated heterocycles. The van der Waals surface area contributed by atoms with Gasteiger partial charge in [0.25, 0.3) is 5.91 Å². The minimum Gasteiger partial charge on any atom is -0.308 e. The topological polar surface area (TPSA) is 50.2 Å². The molecule has 1 unspecified atom stereocenters. The fourth-order valence-corrected chi connectivity index (χ4v) is 2.79. The lowest BCUT2D eigenvalue weighted by molar-refractivity contribution is 0.0984. The van der Waals surface area contributed by atoms with E-state index in [-0.39, 0.29) is 11.9 Å². The first-order chi connectivity index (χ1) is 10.1. The number of nitrogens with zero attached hydrogens (tertiary/aromatic N) is 3. The number of carbonyl (C=O) groups excluding carboxylic acids is 1. The number of aryl methyl sites for hydroxylation is 2. The van der Waals surface area contributed by atoms with Crippen molar-refractivity contribution < 1.29 is 4.79 Å². The molecule has 1 aliphatic heterocycles. The van der Waals surface area contributed by atoms with E-state index in [1.807, 2.05) is 37.1 Å². The van der Waals surface area contributed by atoms with Gasteiger partial charge in [0.05, 0.1) is 11.3 Å². The Morgan fingerprint density at radius 3 is 2.86 bits per heavy atom. The molecular weight excluding hydrogens is 264 g/mol. The zero-order valence-electron chi connectivity index (χ0n) is 12.6. The van der Waals surface area contributed by atoms with Crippen molar-refractivity contribution in [2.75, 3.05) is 11.4 Å². The van der Waals surface area contributed by atoms with Crippen LogP contribution in [0.1, 0.15) is 28.5 Å². The van der Waals surface area contributed by atoms with Gasteiger partial charge in [0.15, 0.2) is 0 Å². The first kappa shape index (κ1) is 13.8. The lowest BCUT2D eigenvalue weighted by Crippen LogP contribution is -2.39. The second-order valence-corrected chi connectivity index (χ2v) is 5.63. The molecule has 3 rings (SSSR count). The van der Waals surface area contributed by atoms with Crippen molar-refractivity contribution in [2.45, 2.75) is 26.4 Å². The predicted octanol–water partition coefficient (Wildman–Crippen LogP) is 1.87. The molecule has 1 N–H and O–H groups in total. The summed E-state index contributed by atoms with van der Waals surface area (Å²) >= 11 is 0. The maximum atomic E-state index is 12.9. The summed E-state index contributed by atoms with van der Waals surface area (Å²) in [5.74, 6) is 0.0172. The van der Waals surface area contributed by atoms with Gasteiger partial charge in [-0.2, -0.15) is 5.10 Å². The van der Waals surface area contributed by atoms with Crippen LogP contribution in [-0.2, 0) is 13.6 Å². The maximum absolute atomic E-state index is 12.9. The largest absolute Gasteiger partial charge is 0.308 e.